The van der Waals surface area contributed by atoms with Crippen LogP contribution in [0.5, 0.6) is 0 Å². The van der Waals surface area contributed by atoms with Crippen LogP contribution < -0.4 is 0 Å². The van der Waals surface area contributed by atoms with Crippen LogP contribution in [0.3, 0.4) is 0 Å². The van der Waals surface area contributed by atoms with Gasteiger partial charge in [-0.15, -0.1) is 0 Å². The van der Waals surface area contributed by atoms with Crippen LogP contribution in [0.1, 0.15) is 58.3 Å². The number of hydrogen-bond acceptors (Lipinski definition) is 1. The highest BCUT2D eigenvalue weighted by Crippen LogP contribution is 2.09. The topological polar surface area (TPSA) is 20.2 Å². The van der Waals surface area contributed by atoms with E-state index in [0.29, 0.717) is 0 Å². The molecule has 1 atom stereocenters. The molecule has 0 saturated heterocycles. The van der Waals surface area contributed by atoms with Crippen LogP contribution in [-0.2, 0) is 0 Å². The quantitative estimate of drug-likeness (QED) is 0.555. The Bertz CT molecular complexity index is 79.1. The van der Waals surface area contributed by atoms with Gasteiger partial charge in [0.05, 0.1) is 6.10 Å². The van der Waals surface area contributed by atoms with E-state index in [-0.39, 0.29) is 6.10 Å². The predicted octanol–water partition coefficient (Wildman–Crippen LogP) is 3.32. The summed E-state index contributed by atoms with van der Waals surface area (Å²) >= 11 is 0. The molecular weight excluding hydrogens is 148 g/mol. The summed E-state index contributed by atoms with van der Waals surface area (Å²) in [6.07, 6.45) is 9.67. The third-order valence-electron chi connectivity index (χ3n) is 2.12. The molecule has 0 saturated carbocycles. The average Bonchev–Trinajstić information content (AvgIpc) is 2.02. The first-order valence-corrected chi connectivity index (χ1v) is 5.24. The van der Waals surface area contributed by atoms with Gasteiger partial charge in [0.2, 0.25) is 0 Å². The molecule has 0 amide bonds. The Kier molecular flexibility index (Phi) is 9.02. The largest absolute Gasteiger partial charge is 0.393 e. The van der Waals surface area contributed by atoms with Gasteiger partial charge in [0.1, 0.15) is 0 Å². The smallest absolute Gasteiger partial charge is 0.0512 e. The van der Waals surface area contributed by atoms with E-state index in [2.05, 4.69) is 6.92 Å². The van der Waals surface area contributed by atoms with E-state index in [4.69, 9.17) is 5.11 Å². The molecule has 12 heavy (non-hydrogen) atoms. The second-order valence-corrected chi connectivity index (χ2v) is 3.61. The van der Waals surface area contributed by atoms with E-state index in [1.807, 2.05) is 6.92 Å². The van der Waals surface area contributed by atoms with Crippen molar-refractivity contribution in [1.29, 1.82) is 0 Å². The minimum Gasteiger partial charge on any atom is -0.393 e. The van der Waals surface area contributed by atoms with Crippen LogP contribution in [0.4, 0.5) is 0 Å². The number of rotatable bonds is 8. The molecule has 0 aromatic rings. The van der Waals surface area contributed by atoms with E-state index in [1.165, 1.54) is 38.5 Å². The van der Waals surface area contributed by atoms with Gasteiger partial charge in [-0.05, 0) is 13.3 Å². The summed E-state index contributed by atoms with van der Waals surface area (Å²) in [5.74, 6) is 0. The van der Waals surface area contributed by atoms with E-state index >= 15 is 0 Å². The lowest BCUT2D eigenvalue weighted by Crippen LogP contribution is -1.98. The van der Waals surface area contributed by atoms with E-state index < -0.39 is 0 Å². The summed E-state index contributed by atoms with van der Waals surface area (Å²) in [6.45, 7) is 5.67. The Morgan fingerprint density at radius 2 is 1.50 bits per heavy atom. The molecule has 0 aromatic carbocycles. The van der Waals surface area contributed by atoms with Gasteiger partial charge in [0.25, 0.3) is 0 Å². The zero-order valence-corrected chi connectivity index (χ0v) is 8.39. The minimum atomic E-state index is -0.107. The van der Waals surface area contributed by atoms with Crippen molar-refractivity contribution in [3.63, 3.8) is 0 Å². The van der Waals surface area contributed by atoms with Crippen LogP contribution in [0.25, 0.3) is 0 Å². The third kappa shape index (κ3) is 9.96. The highest BCUT2D eigenvalue weighted by atomic mass is 16.3. The molecule has 0 aromatic heterocycles. The molecule has 0 fully saturated rings. The summed E-state index contributed by atoms with van der Waals surface area (Å²) in [4.78, 5) is 0. The second kappa shape index (κ2) is 9.05. The second-order valence-electron chi connectivity index (χ2n) is 3.61. The molecule has 1 radical (unpaired) electrons. The maximum atomic E-state index is 8.98. The van der Waals surface area contributed by atoms with Crippen LogP contribution in [0.2, 0.25) is 0 Å². The van der Waals surface area contributed by atoms with E-state index in [0.717, 1.165) is 12.8 Å². The van der Waals surface area contributed by atoms with Gasteiger partial charge in [-0.2, -0.15) is 0 Å². The highest BCUT2D eigenvalue weighted by Gasteiger charge is 1.94. The normalized spacial score (nSPS) is 13.2. The number of aliphatic hydroxyl groups excluding tert-OH is 1. The Hall–Kier alpha value is -0.0400. The molecule has 0 spiro atoms. The van der Waals surface area contributed by atoms with E-state index in [1.54, 1.807) is 0 Å². The Balaban J connectivity index is 2.82. The first kappa shape index (κ1) is 12.0. The predicted molar refractivity (Wildman–Crippen MR) is 54.0 cm³/mol. The minimum absolute atomic E-state index is 0.107. The maximum absolute atomic E-state index is 8.98. The molecule has 0 aliphatic carbocycles. The summed E-state index contributed by atoms with van der Waals surface area (Å²) in [6, 6.07) is 0. The number of hydrogen-bond donors (Lipinski definition) is 1. The molecule has 73 valence electrons. The van der Waals surface area contributed by atoms with Gasteiger partial charge in [-0.3, -0.25) is 0 Å². The first-order valence-electron chi connectivity index (χ1n) is 5.24. The van der Waals surface area contributed by atoms with Gasteiger partial charge in [0.15, 0.2) is 0 Å². The number of unbranched alkanes of at least 4 members (excludes halogenated alkanes) is 6. The summed E-state index contributed by atoms with van der Waals surface area (Å²) in [7, 11) is 0. The van der Waals surface area contributed by atoms with Crippen LogP contribution in [-0.4, -0.2) is 11.2 Å². The Morgan fingerprint density at radius 1 is 1.00 bits per heavy atom. The molecule has 0 bridgehead atoms. The first-order chi connectivity index (χ1) is 5.77. The number of aliphatic hydroxyl groups is 1. The van der Waals surface area contributed by atoms with Crippen molar-refractivity contribution in [2.24, 2.45) is 0 Å². The summed E-state index contributed by atoms with van der Waals surface area (Å²) in [5.41, 5.74) is 0. The zero-order chi connectivity index (χ0) is 9.23. The monoisotopic (exact) mass is 171 g/mol. The fourth-order valence-corrected chi connectivity index (χ4v) is 1.32. The third-order valence-corrected chi connectivity index (χ3v) is 2.12. The molecule has 0 rings (SSSR count). The zero-order valence-electron chi connectivity index (χ0n) is 8.39. The maximum Gasteiger partial charge on any atom is 0.0512 e. The lowest BCUT2D eigenvalue weighted by atomic mass is 10.1. The van der Waals surface area contributed by atoms with Gasteiger partial charge in [-0.25, -0.2) is 0 Å². The molecule has 1 heteroatoms. The SMILES string of the molecule is [CH2]CCCCCCCCC(C)O. The highest BCUT2D eigenvalue weighted by molar-refractivity contribution is 4.50. The van der Waals surface area contributed by atoms with E-state index in [9.17, 15) is 0 Å². The van der Waals surface area contributed by atoms with Crippen LogP contribution >= 0.6 is 0 Å². The fourth-order valence-electron chi connectivity index (χ4n) is 1.32. The Morgan fingerprint density at radius 3 is 2.00 bits per heavy atom. The molecule has 1 nitrogen and oxygen atoms in total. The van der Waals surface area contributed by atoms with Crippen molar-refractivity contribution in [2.45, 2.75) is 64.4 Å². The molecule has 1 N–H and O–H groups in total. The fraction of sp³-hybridized carbons (Fsp3) is 0.909. The molecular formula is C11H23O. The van der Waals surface area contributed by atoms with Crippen LogP contribution in [0, 0.1) is 6.92 Å². The molecule has 0 heterocycles. The van der Waals surface area contributed by atoms with Crippen molar-refractivity contribution in [3.05, 3.63) is 6.92 Å². The summed E-state index contributed by atoms with van der Waals surface area (Å²) in [5, 5.41) is 8.98. The van der Waals surface area contributed by atoms with Gasteiger partial charge in [-0.1, -0.05) is 51.9 Å². The molecule has 1 unspecified atom stereocenters. The van der Waals surface area contributed by atoms with Crippen LogP contribution in [0.15, 0.2) is 0 Å². The Labute approximate surface area is 77.2 Å². The lowest BCUT2D eigenvalue weighted by molar-refractivity contribution is 0.180. The standard InChI is InChI=1S/C11H23O/c1-3-4-5-6-7-8-9-10-11(2)12/h11-12H,1,3-10H2,2H3. The lowest BCUT2D eigenvalue weighted by Gasteiger charge is -2.03. The van der Waals surface area contributed by atoms with Crippen molar-refractivity contribution in [2.75, 3.05) is 0 Å². The van der Waals surface area contributed by atoms with Gasteiger partial charge < -0.3 is 5.11 Å². The molecule has 0 aliphatic rings. The molecule has 0 aliphatic heterocycles. The summed E-state index contributed by atoms with van der Waals surface area (Å²) < 4.78 is 0. The van der Waals surface area contributed by atoms with Gasteiger partial charge >= 0.3 is 0 Å². The van der Waals surface area contributed by atoms with Crippen molar-refractivity contribution in [1.82, 2.24) is 0 Å². The van der Waals surface area contributed by atoms with Crippen molar-refractivity contribution < 1.29 is 5.11 Å². The van der Waals surface area contributed by atoms with Crippen molar-refractivity contribution >= 4 is 0 Å². The van der Waals surface area contributed by atoms with Crippen molar-refractivity contribution in [3.8, 4) is 0 Å². The van der Waals surface area contributed by atoms with Gasteiger partial charge in [0, 0.05) is 0 Å². The average molecular weight is 171 g/mol.